The Balaban J connectivity index is 2.06. The molecule has 22 heavy (non-hydrogen) atoms. The Kier molecular flexibility index (Phi) is 5.48. The molecule has 0 aliphatic heterocycles. The lowest BCUT2D eigenvalue weighted by molar-refractivity contribution is 0.102. The molecule has 0 spiro atoms. The smallest absolute Gasteiger partial charge is 0.275 e. The number of aliphatic imine (C=N–C) groups is 1. The molecular weight excluding hydrogens is 298 g/mol. The van der Waals surface area contributed by atoms with Gasteiger partial charge in [-0.1, -0.05) is 23.9 Å². The third kappa shape index (κ3) is 4.56. The van der Waals surface area contributed by atoms with Gasteiger partial charge in [0.1, 0.15) is 5.69 Å². The molecular formula is C15H17N5OS. The summed E-state index contributed by atoms with van der Waals surface area (Å²) < 4.78 is 0. The molecule has 0 unspecified atom stereocenters. The van der Waals surface area contributed by atoms with Crippen LogP contribution in [0.4, 0.5) is 5.69 Å². The zero-order chi connectivity index (χ0) is 15.9. The van der Waals surface area contributed by atoms with E-state index < -0.39 is 0 Å². The predicted octanol–water partition coefficient (Wildman–Crippen LogP) is 2.22. The first-order valence-electron chi connectivity index (χ1n) is 6.61. The third-order valence-corrected chi connectivity index (χ3v) is 3.37. The molecule has 0 saturated carbocycles. The number of thioether (sulfide) groups is 1. The molecule has 2 aromatic rings. The van der Waals surface area contributed by atoms with Gasteiger partial charge in [-0.2, -0.15) is 0 Å². The van der Waals surface area contributed by atoms with Gasteiger partial charge in [0.05, 0.1) is 18.4 Å². The molecule has 0 aliphatic carbocycles. The average molecular weight is 315 g/mol. The van der Waals surface area contributed by atoms with Crippen molar-refractivity contribution in [3.8, 4) is 0 Å². The standard InChI is InChI=1S/C15H17N5OS/c1-10-7-18-13(9-17-10)14(21)20-12-5-3-4-11(6-12)8-19-15(16)22-2/h3-7,9H,8H2,1-2H3,(H2,16,19)(H,20,21). The second-order valence-corrected chi connectivity index (χ2v) is 5.38. The summed E-state index contributed by atoms with van der Waals surface area (Å²) in [6.07, 6.45) is 4.89. The van der Waals surface area contributed by atoms with Crippen LogP contribution >= 0.6 is 11.8 Å². The number of amidine groups is 1. The van der Waals surface area contributed by atoms with Crippen LogP contribution < -0.4 is 11.1 Å². The minimum Gasteiger partial charge on any atom is -0.379 e. The summed E-state index contributed by atoms with van der Waals surface area (Å²) in [5, 5.41) is 3.33. The summed E-state index contributed by atoms with van der Waals surface area (Å²) in [6, 6.07) is 7.45. The van der Waals surface area contributed by atoms with E-state index in [2.05, 4.69) is 20.3 Å². The third-order valence-electron chi connectivity index (χ3n) is 2.83. The fourth-order valence-electron chi connectivity index (χ4n) is 1.69. The summed E-state index contributed by atoms with van der Waals surface area (Å²) in [5.74, 6) is -0.295. The van der Waals surface area contributed by atoms with Gasteiger partial charge in [-0.15, -0.1) is 0 Å². The zero-order valence-corrected chi connectivity index (χ0v) is 13.2. The quantitative estimate of drug-likeness (QED) is 0.666. The minimum absolute atomic E-state index is 0.278. The summed E-state index contributed by atoms with van der Waals surface area (Å²) in [6.45, 7) is 2.29. The minimum atomic E-state index is -0.295. The summed E-state index contributed by atoms with van der Waals surface area (Å²) in [7, 11) is 0. The number of nitrogens with zero attached hydrogens (tertiary/aromatic N) is 3. The van der Waals surface area contributed by atoms with Crippen molar-refractivity contribution in [1.29, 1.82) is 0 Å². The van der Waals surface area contributed by atoms with Crippen LogP contribution in [0.3, 0.4) is 0 Å². The Morgan fingerprint density at radius 3 is 2.86 bits per heavy atom. The molecule has 1 amide bonds. The molecule has 1 heterocycles. The van der Waals surface area contributed by atoms with Crippen molar-refractivity contribution in [2.75, 3.05) is 11.6 Å². The molecule has 0 radical (unpaired) electrons. The highest BCUT2D eigenvalue weighted by atomic mass is 32.2. The largest absolute Gasteiger partial charge is 0.379 e. The van der Waals surface area contributed by atoms with Gasteiger partial charge in [0.15, 0.2) is 5.17 Å². The van der Waals surface area contributed by atoms with Gasteiger partial charge in [-0.3, -0.25) is 14.8 Å². The topological polar surface area (TPSA) is 93.3 Å². The second-order valence-electron chi connectivity index (χ2n) is 4.56. The van der Waals surface area contributed by atoms with E-state index in [0.29, 0.717) is 17.4 Å². The van der Waals surface area contributed by atoms with Crippen LogP contribution in [-0.4, -0.2) is 27.3 Å². The number of amides is 1. The molecule has 3 N–H and O–H groups in total. The van der Waals surface area contributed by atoms with Crippen LogP contribution in [0.15, 0.2) is 41.7 Å². The molecule has 0 aliphatic rings. The van der Waals surface area contributed by atoms with Crippen LogP contribution in [0.2, 0.25) is 0 Å². The molecule has 0 bridgehead atoms. The fraction of sp³-hybridized carbons (Fsp3) is 0.200. The first kappa shape index (κ1) is 16.0. The van der Waals surface area contributed by atoms with Crippen molar-refractivity contribution in [3.05, 3.63) is 53.6 Å². The lowest BCUT2D eigenvalue weighted by atomic mass is 10.2. The average Bonchev–Trinajstić information content (AvgIpc) is 2.53. The van der Waals surface area contributed by atoms with Crippen LogP contribution in [0.25, 0.3) is 0 Å². The maximum atomic E-state index is 12.1. The van der Waals surface area contributed by atoms with Crippen molar-refractivity contribution in [1.82, 2.24) is 9.97 Å². The Hall–Kier alpha value is -2.41. The second kappa shape index (κ2) is 7.56. The highest BCUT2D eigenvalue weighted by molar-refractivity contribution is 8.13. The van der Waals surface area contributed by atoms with Gasteiger partial charge in [0.25, 0.3) is 5.91 Å². The normalized spacial score (nSPS) is 11.3. The summed E-state index contributed by atoms with van der Waals surface area (Å²) in [4.78, 5) is 24.4. The van der Waals surface area contributed by atoms with Crippen molar-refractivity contribution < 1.29 is 4.79 Å². The number of carbonyl (C=O) groups is 1. The van der Waals surface area contributed by atoms with Gasteiger partial charge in [-0.25, -0.2) is 4.98 Å². The molecule has 1 aromatic heterocycles. The van der Waals surface area contributed by atoms with E-state index in [1.54, 1.807) is 6.20 Å². The predicted molar refractivity (Wildman–Crippen MR) is 90.0 cm³/mol. The maximum Gasteiger partial charge on any atom is 0.275 e. The number of carbonyl (C=O) groups excluding carboxylic acids is 1. The van der Waals surface area contributed by atoms with Crippen LogP contribution in [0.1, 0.15) is 21.7 Å². The number of rotatable bonds is 4. The number of hydrogen-bond acceptors (Lipinski definition) is 5. The number of nitrogens with one attached hydrogen (secondary N) is 1. The number of anilines is 1. The number of aromatic nitrogens is 2. The molecule has 1 aromatic carbocycles. The Labute approximate surface area is 133 Å². The van der Waals surface area contributed by atoms with E-state index in [4.69, 9.17) is 5.73 Å². The van der Waals surface area contributed by atoms with Gasteiger partial charge >= 0.3 is 0 Å². The fourth-order valence-corrected chi connectivity index (χ4v) is 1.88. The molecule has 114 valence electrons. The number of nitrogens with two attached hydrogens (primary N) is 1. The maximum absolute atomic E-state index is 12.1. The van der Waals surface area contributed by atoms with E-state index in [-0.39, 0.29) is 11.6 Å². The van der Waals surface area contributed by atoms with Crippen molar-refractivity contribution >= 4 is 28.5 Å². The summed E-state index contributed by atoms with van der Waals surface area (Å²) >= 11 is 1.40. The first-order chi connectivity index (χ1) is 10.6. The van der Waals surface area contributed by atoms with E-state index >= 15 is 0 Å². The molecule has 0 saturated heterocycles. The van der Waals surface area contributed by atoms with E-state index in [1.807, 2.05) is 37.4 Å². The zero-order valence-electron chi connectivity index (χ0n) is 12.4. The van der Waals surface area contributed by atoms with E-state index in [0.717, 1.165) is 11.3 Å². The van der Waals surface area contributed by atoms with Crippen LogP contribution in [0, 0.1) is 6.92 Å². The lowest BCUT2D eigenvalue weighted by Crippen LogP contribution is -2.14. The van der Waals surface area contributed by atoms with Gasteiger partial charge in [-0.05, 0) is 30.9 Å². The van der Waals surface area contributed by atoms with Crippen molar-refractivity contribution in [2.45, 2.75) is 13.5 Å². The molecule has 0 atom stereocenters. The van der Waals surface area contributed by atoms with E-state index in [9.17, 15) is 4.79 Å². The molecule has 6 nitrogen and oxygen atoms in total. The Morgan fingerprint density at radius 1 is 1.36 bits per heavy atom. The van der Waals surface area contributed by atoms with Crippen LogP contribution in [-0.2, 0) is 6.54 Å². The highest BCUT2D eigenvalue weighted by Gasteiger charge is 2.08. The Morgan fingerprint density at radius 2 is 2.18 bits per heavy atom. The number of benzene rings is 1. The molecule has 0 fully saturated rings. The molecule has 7 heteroatoms. The van der Waals surface area contributed by atoms with Gasteiger partial charge in [0.2, 0.25) is 0 Å². The van der Waals surface area contributed by atoms with Crippen molar-refractivity contribution in [3.63, 3.8) is 0 Å². The van der Waals surface area contributed by atoms with Crippen LogP contribution in [0.5, 0.6) is 0 Å². The monoisotopic (exact) mass is 315 g/mol. The first-order valence-corrected chi connectivity index (χ1v) is 7.84. The van der Waals surface area contributed by atoms with Gasteiger partial charge in [0, 0.05) is 11.9 Å². The Bertz CT molecular complexity index is 685. The summed E-state index contributed by atoms with van der Waals surface area (Å²) in [5.41, 5.74) is 8.35. The SMILES string of the molecule is CSC(N)=NCc1cccc(NC(=O)c2cnc(C)cn2)c1. The highest BCUT2D eigenvalue weighted by Crippen LogP contribution is 2.13. The van der Waals surface area contributed by atoms with Crippen molar-refractivity contribution in [2.24, 2.45) is 10.7 Å². The van der Waals surface area contributed by atoms with Gasteiger partial charge < -0.3 is 11.1 Å². The van der Waals surface area contributed by atoms with E-state index in [1.165, 1.54) is 18.0 Å². The molecule has 2 rings (SSSR count). The lowest BCUT2D eigenvalue weighted by Gasteiger charge is -2.06. The number of aryl methyl sites for hydroxylation is 1. The number of hydrogen-bond donors (Lipinski definition) is 2.